The molecular formula is C21H32N4O. The van der Waals surface area contributed by atoms with Crippen molar-refractivity contribution in [1.82, 2.24) is 4.98 Å². The van der Waals surface area contributed by atoms with E-state index < -0.39 is 0 Å². The smallest absolute Gasteiger partial charge is 0.250 e. The van der Waals surface area contributed by atoms with E-state index >= 15 is 0 Å². The molecule has 0 amide bonds. The topological polar surface area (TPSA) is 60.5 Å². The van der Waals surface area contributed by atoms with Crippen LogP contribution in [0.15, 0.2) is 46.3 Å². The SMILES string of the molecule is CC.CCCN(CCC)c1cc(/C=N/Nc2cccc(C)c2)[nH]c(=O)c1. The van der Waals surface area contributed by atoms with E-state index in [0.717, 1.165) is 37.3 Å². The van der Waals surface area contributed by atoms with Gasteiger partial charge in [0.1, 0.15) is 0 Å². The van der Waals surface area contributed by atoms with Gasteiger partial charge in [-0.25, -0.2) is 0 Å². The molecule has 5 heteroatoms. The maximum Gasteiger partial charge on any atom is 0.250 e. The van der Waals surface area contributed by atoms with Crippen LogP contribution in [0, 0.1) is 6.92 Å². The van der Waals surface area contributed by atoms with Crippen molar-refractivity contribution in [2.45, 2.75) is 47.5 Å². The summed E-state index contributed by atoms with van der Waals surface area (Å²) in [6, 6.07) is 11.6. The molecule has 0 aliphatic rings. The number of hydrogen-bond donors (Lipinski definition) is 2. The van der Waals surface area contributed by atoms with Crippen molar-refractivity contribution in [3.05, 3.63) is 58.0 Å². The number of rotatable bonds is 8. The van der Waals surface area contributed by atoms with Gasteiger partial charge in [0.05, 0.1) is 17.6 Å². The van der Waals surface area contributed by atoms with Gasteiger partial charge in [0.2, 0.25) is 5.56 Å². The molecule has 0 saturated carbocycles. The summed E-state index contributed by atoms with van der Waals surface area (Å²) in [5.74, 6) is 0. The molecule has 0 aliphatic carbocycles. The lowest BCUT2D eigenvalue weighted by Crippen LogP contribution is -2.26. The summed E-state index contributed by atoms with van der Waals surface area (Å²) >= 11 is 0. The Morgan fingerprint density at radius 2 is 1.81 bits per heavy atom. The highest BCUT2D eigenvalue weighted by Crippen LogP contribution is 2.13. The summed E-state index contributed by atoms with van der Waals surface area (Å²) in [6.45, 7) is 12.2. The van der Waals surface area contributed by atoms with Gasteiger partial charge in [-0.05, 0) is 43.5 Å². The van der Waals surface area contributed by atoms with Crippen molar-refractivity contribution in [1.29, 1.82) is 0 Å². The summed E-state index contributed by atoms with van der Waals surface area (Å²) in [5, 5.41) is 4.22. The molecule has 5 nitrogen and oxygen atoms in total. The van der Waals surface area contributed by atoms with Crippen LogP contribution in [0.1, 0.15) is 51.8 Å². The second-order valence-corrected chi connectivity index (χ2v) is 5.88. The lowest BCUT2D eigenvalue weighted by Gasteiger charge is -2.23. The molecule has 2 N–H and O–H groups in total. The van der Waals surface area contributed by atoms with Crippen LogP contribution >= 0.6 is 0 Å². The fourth-order valence-corrected chi connectivity index (χ4v) is 2.60. The van der Waals surface area contributed by atoms with Gasteiger partial charge in [0, 0.05) is 24.8 Å². The highest BCUT2D eigenvalue weighted by Gasteiger charge is 2.06. The molecule has 0 unspecified atom stereocenters. The summed E-state index contributed by atoms with van der Waals surface area (Å²) in [7, 11) is 0. The first-order chi connectivity index (χ1) is 12.6. The van der Waals surface area contributed by atoms with Crippen molar-refractivity contribution < 1.29 is 0 Å². The zero-order chi connectivity index (χ0) is 19.4. The summed E-state index contributed by atoms with van der Waals surface area (Å²) in [6.07, 6.45) is 3.74. The number of benzene rings is 1. The number of hydrazone groups is 1. The molecule has 2 rings (SSSR count). The van der Waals surface area contributed by atoms with E-state index in [4.69, 9.17) is 0 Å². The predicted molar refractivity (Wildman–Crippen MR) is 114 cm³/mol. The van der Waals surface area contributed by atoms with Gasteiger partial charge in [-0.3, -0.25) is 10.2 Å². The average Bonchev–Trinajstić information content (AvgIpc) is 2.63. The fraction of sp³-hybridized carbons (Fsp3) is 0.429. The van der Waals surface area contributed by atoms with Gasteiger partial charge in [-0.2, -0.15) is 5.10 Å². The molecule has 0 bridgehead atoms. The molecule has 1 aromatic heterocycles. The van der Waals surface area contributed by atoms with Crippen molar-refractivity contribution >= 4 is 17.6 Å². The lowest BCUT2D eigenvalue weighted by molar-refractivity contribution is 0.743. The third-order valence-corrected chi connectivity index (χ3v) is 3.62. The number of pyridine rings is 1. The average molecular weight is 357 g/mol. The zero-order valence-electron chi connectivity index (χ0n) is 16.7. The van der Waals surface area contributed by atoms with Gasteiger partial charge in [-0.1, -0.05) is 39.8 Å². The van der Waals surface area contributed by atoms with Crippen LogP contribution < -0.4 is 15.9 Å². The van der Waals surface area contributed by atoms with Crippen LogP contribution in [0.5, 0.6) is 0 Å². The second kappa shape index (κ2) is 11.9. The second-order valence-electron chi connectivity index (χ2n) is 5.88. The molecule has 0 radical (unpaired) electrons. The number of aromatic amines is 1. The van der Waals surface area contributed by atoms with Crippen molar-refractivity contribution in [3.8, 4) is 0 Å². The predicted octanol–water partition coefficient (Wildman–Crippen LogP) is 4.78. The first-order valence-electron chi connectivity index (χ1n) is 9.47. The van der Waals surface area contributed by atoms with E-state index in [1.54, 1.807) is 12.3 Å². The maximum atomic E-state index is 11.9. The van der Waals surface area contributed by atoms with Gasteiger partial charge < -0.3 is 9.88 Å². The number of nitrogens with one attached hydrogen (secondary N) is 2. The number of aryl methyl sites for hydroxylation is 1. The van der Waals surface area contributed by atoms with Gasteiger partial charge in [0.15, 0.2) is 0 Å². The quantitative estimate of drug-likeness (QED) is 0.528. The Kier molecular flexibility index (Phi) is 9.83. The van der Waals surface area contributed by atoms with Crippen LogP contribution in [-0.2, 0) is 0 Å². The van der Waals surface area contributed by atoms with Crippen LogP contribution in [-0.4, -0.2) is 24.3 Å². The Bertz CT molecular complexity index is 731. The minimum atomic E-state index is -0.110. The van der Waals surface area contributed by atoms with Crippen LogP contribution in [0.25, 0.3) is 0 Å². The van der Waals surface area contributed by atoms with Crippen molar-refractivity contribution in [2.24, 2.45) is 5.10 Å². The van der Waals surface area contributed by atoms with Crippen LogP contribution in [0.4, 0.5) is 11.4 Å². The number of nitrogens with zero attached hydrogens (tertiary/aromatic N) is 2. The molecular weight excluding hydrogens is 324 g/mol. The molecule has 0 saturated heterocycles. The van der Waals surface area contributed by atoms with Crippen molar-refractivity contribution in [2.75, 3.05) is 23.4 Å². The van der Waals surface area contributed by atoms with Gasteiger partial charge in [0.25, 0.3) is 0 Å². The molecule has 142 valence electrons. The standard InChI is InChI=1S/C19H26N4O.C2H6/c1-4-9-23(10-5-2)18-12-17(21-19(24)13-18)14-20-22-16-8-6-7-15(3)11-16;1-2/h6-8,11-14,22H,4-5,9-10H2,1-3H3,(H,21,24);1-2H3/b20-14+;. The van der Waals surface area contributed by atoms with Gasteiger partial charge in [-0.15, -0.1) is 0 Å². The highest BCUT2D eigenvalue weighted by molar-refractivity contribution is 5.79. The normalized spacial score (nSPS) is 10.3. The van der Waals surface area contributed by atoms with Crippen LogP contribution in [0.2, 0.25) is 0 Å². The summed E-state index contributed by atoms with van der Waals surface area (Å²) in [5.41, 5.74) is 6.60. The molecule has 26 heavy (non-hydrogen) atoms. The van der Waals surface area contributed by atoms with Crippen molar-refractivity contribution in [3.63, 3.8) is 0 Å². The fourth-order valence-electron chi connectivity index (χ4n) is 2.60. The van der Waals surface area contributed by atoms with E-state index in [2.05, 4.69) is 34.3 Å². The molecule has 1 aromatic carbocycles. The Morgan fingerprint density at radius 3 is 2.42 bits per heavy atom. The minimum Gasteiger partial charge on any atom is -0.371 e. The third-order valence-electron chi connectivity index (χ3n) is 3.62. The molecule has 0 spiro atoms. The van der Waals surface area contributed by atoms with E-state index in [0.29, 0.717) is 5.69 Å². The lowest BCUT2D eigenvalue weighted by atomic mass is 10.2. The first-order valence-corrected chi connectivity index (χ1v) is 9.47. The Morgan fingerprint density at radius 1 is 1.12 bits per heavy atom. The van der Waals surface area contributed by atoms with E-state index in [9.17, 15) is 4.79 Å². The Hall–Kier alpha value is -2.56. The Balaban J connectivity index is 0.00000163. The highest BCUT2D eigenvalue weighted by atomic mass is 16.1. The molecule has 0 atom stereocenters. The minimum absolute atomic E-state index is 0.110. The number of H-pyrrole nitrogens is 1. The largest absolute Gasteiger partial charge is 0.371 e. The molecule has 0 aliphatic heterocycles. The number of aromatic nitrogens is 1. The van der Waals surface area contributed by atoms with E-state index in [-0.39, 0.29) is 5.56 Å². The van der Waals surface area contributed by atoms with E-state index in [1.807, 2.05) is 51.1 Å². The molecule has 0 fully saturated rings. The Labute approximate surface area is 157 Å². The molecule has 1 heterocycles. The monoisotopic (exact) mass is 356 g/mol. The van der Waals surface area contributed by atoms with Crippen LogP contribution in [0.3, 0.4) is 0 Å². The number of anilines is 2. The summed E-state index contributed by atoms with van der Waals surface area (Å²) in [4.78, 5) is 17.0. The first kappa shape index (κ1) is 21.5. The third kappa shape index (κ3) is 7.13. The summed E-state index contributed by atoms with van der Waals surface area (Å²) < 4.78 is 0. The van der Waals surface area contributed by atoms with E-state index in [1.165, 1.54) is 5.56 Å². The number of hydrogen-bond acceptors (Lipinski definition) is 4. The zero-order valence-corrected chi connectivity index (χ0v) is 16.7. The van der Waals surface area contributed by atoms with Gasteiger partial charge >= 0.3 is 0 Å². The molecule has 2 aromatic rings. The maximum absolute atomic E-state index is 11.9.